The summed E-state index contributed by atoms with van der Waals surface area (Å²) in [7, 11) is 0. The first-order chi connectivity index (χ1) is 11.2. The monoisotopic (exact) mass is 367 g/mol. The predicted molar refractivity (Wildman–Crippen MR) is 92.6 cm³/mol. The van der Waals surface area contributed by atoms with Gasteiger partial charge in [-0.25, -0.2) is 4.79 Å². The number of hydrogen-bond acceptors (Lipinski definition) is 5. The molecular formula is C16H21N3O5S. The van der Waals surface area contributed by atoms with Gasteiger partial charge in [-0.15, -0.1) is 11.8 Å². The fourth-order valence-electron chi connectivity index (χ4n) is 3.20. The van der Waals surface area contributed by atoms with Gasteiger partial charge in [0.1, 0.15) is 23.5 Å². The molecule has 136 valence electrons. The van der Waals surface area contributed by atoms with Gasteiger partial charge >= 0.3 is 5.97 Å². The van der Waals surface area contributed by atoms with Crippen molar-refractivity contribution in [2.45, 2.75) is 42.1 Å². The van der Waals surface area contributed by atoms with Gasteiger partial charge in [0.15, 0.2) is 0 Å². The standard InChI is InChI=1S/C16H19N3O4S.H2O/c1-16(2)11(15(22)23)19-13(21)10(14(19)24-16)18-12(20)9(17)8-6-4-3-5-7-8;/h3-7,9-11,14H,17H2,1-2H3,(H,18,20)(H,22,23);1H2/t9-,10-,11+,14-;/m1./s1. The van der Waals surface area contributed by atoms with Crippen molar-refractivity contribution in [2.75, 3.05) is 0 Å². The minimum Gasteiger partial charge on any atom is -0.480 e. The Hall–Kier alpha value is -2.10. The molecule has 0 saturated carbocycles. The van der Waals surface area contributed by atoms with Crippen molar-refractivity contribution >= 4 is 29.5 Å². The number of carboxylic acids is 1. The first kappa shape index (κ1) is 19.2. The van der Waals surface area contributed by atoms with Crippen molar-refractivity contribution < 1.29 is 25.0 Å². The molecule has 0 unspecified atom stereocenters. The number of carbonyl (C=O) groups is 3. The topological polar surface area (TPSA) is 144 Å². The summed E-state index contributed by atoms with van der Waals surface area (Å²) in [6.07, 6.45) is 0. The lowest BCUT2D eigenvalue weighted by Gasteiger charge is -2.43. The van der Waals surface area contributed by atoms with Crippen molar-refractivity contribution in [3.63, 3.8) is 0 Å². The molecule has 0 aliphatic carbocycles. The number of carbonyl (C=O) groups excluding carboxylic acids is 2. The van der Waals surface area contributed by atoms with Crippen molar-refractivity contribution in [3.8, 4) is 0 Å². The molecule has 0 spiro atoms. The third-order valence-corrected chi connectivity index (χ3v) is 5.99. The van der Waals surface area contributed by atoms with Crippen LogP contribution in [0.15, 0.2) is 30.3 Å². The molecule has 6 N–H and O–H groups in total. The summed E-state index contributed by atoms with van der Waals surface area (Å²) in [5, 5.41) is 11.7. The second-order valence-electron chi connectivity index (χ2n) is 6.47. The summed E-state index contributed by atoms with van der Waals surface area (Å²) in [5.74, 6) is -1.86. The number of fused-ring (bicyclic) bond motifs is 1. The molecular weight excluding hydrogens is 346 g/mol. The van der Waals surface area contributed by atoms with Gasteiger partial charge in [-0.2, -0.15) is 0 Å². The molecule has 0 bridgehead atoms. The van der Waals surface area contributed by atoms with Crippen LogP contribution in [0.1, 0.15) is 25.5 Å². The number of rotatable bonds is 4. The van der Waals surface area contributed by atoms with Gasteiger partial charge in [0.25, 0.3) is 0 Å². The molecule has 2 heterocycles. The molecule has 2 saturated heterocycles. The minimum absolute atomic E-state index is 0. The predicted octanol–water partition coefficient (Wildman–Crippen LogP) is -0.507. The van der Waals surface area contributed by atoms with Crippen molar-refractivity contribution in [2.24, 2.45) is 5.73 Å². The Kier molecular flexibility index (Phi) is 5.12. The van der Waals surface area contributed by atoms with Gasteiger partial charge in [0, 0.05) is 4.75 Å². The number of amides is 2. The van der Waals surface area contributed by atoms with E-state index in [0.717, 1.165) is 0 Å². The average Bonchev–Trinajstić information content (AvgIpc) is 2.80. The smallest absolute Gasteiger partial charge is 0.327 e. The minimum atomic E-state index is -1.03. The molecule has 2 aliphatic rings. The van der Waals surface area contributed by atoms with E-state index >= 15 is 0 Å². The maximum Gasteiger partial charge on any atom is 0.327 e. The van der Waals surface area contributed by atoms with E-state index in [9.17, 15) is 19.5 Å². The number of β-lactam (4-membered cyclic amide) rings is 1. The Labute approximate surface area is 149 Å². The number of hydrogen-bond donors (Lipinski definition) is 3. The fraction of sp³-hybridized carbons (Fsp3) is 0.438. The van der Waals surface area contributed by atoms with Gasteiger partial charge in [0.05, 0.1) is 0 Å². The van der Waals surface area contributed by atoms with Gasteiger partial charge < -0.3 is 26.5 Å². The lowest BCUT2D eigenvalue weighted by atomic mass is 9.95. The highest BCUT2D eigenvalue weighted by Crippen LogP contribution is 2.50. The first-order valence-corrected chi connectivity index (χ1v) is 8.45. The molecule has 1 aromatic carbocycles. The SMILES string of the molecule is CC1(C)S[C@@H]2[C@H](NC(=O)[C@H](N)c3ccccc3)C(=O)N2[C@H]1C(=O)O.O. The molecule has 0 aromatic heterocycles. The maximum atomic E-state index is 12.3. The van der Waals surface area contributed by atoms with Gasteiger partial charge in [0.2, 0.25) is 11.8 Å². The number of nitrogens with one attached hydrogen (secondary N) is 1. The number of nitrogens with zero attached hydrogens (tertiary/aromatic N) is 1. The Morgan fingerprint density at radius 2 is 1.92 bits per heavy atom. The average molecular weight is 367 g/mol. The van der Waals surface area contributed by atoms with Crippen molar-refractivity contribution in [1.29, 1.82) is 0 Å². The van der Waals surface area contributed by atoms with E-state index in [0.29, 0.717) is 5.56 Å². The molecule has 4 atom stereocenters. The third kappa shape index (κ3) is 3.10. The summed E-state index contributed by atoms with van der Waals surface area (Å²) in [4.78, 5) is 37.5. The van der Waals surface area contributed by atoms with E-state index in [4.69, 9.17) is 5.73 Å². The third-order valence-electron chi connectivity index (χ3n) is 4.41. The van der Waals surface area contributed by atoms with Crippen LogP contribution >= 0.6 is 11.8 Å². The molecule has 2 fully saturated rings. The van der Waals surface area contributed by atoms with Crippen LogP contribution < -0.4 is 11.1 Å². The highest BCUT2D eigenvalue weighted by atomic mass is 32.2. The quantitative estimate of drug-likeness (QED) is 0.612. The summed E-state index contributed by atoms with van der Waals surface area (Å²) < 4.78 is -0.618. The summed E-state index contributed by atoms with van der Waals surface area (Å²) in [6.45, 7) is 3.58. The lowest BCUT2D eigenvalue weighted by molar-refractivity contribution is -0.161. The van der Waals surface area contributed by atoms with Crippen LogP contribution in [0.25, 0.3) is 0 Å². The van der Waals surface area contributed by atoms with Crippen LogP contribution in [0.5, 0.6) is 0 Å². The van der Waals surface area contributed by atoms with E-state index < -0.39 is 34.7 Å². The molecule has 2 amide bonds. The van der Waals surface area contributed by atoms with Crippen LogP contribution in [0.2, 0.25) is 0 Å². The summed E-state index contributed by atoms with van der Waals surface area (Å²) in [5.41, 5.74) is 6.59. The zero-order chi connectivity index (χ0) is 17.6. The molecule has 9 heteroatoms. The van der Waals surface area contributed by atoms with Crippen molar-refractivity contribution in [1.82, 2.24) is 10.2 Å². The van der Waals surface area contributed by atoms with Gasteiger partial charge in [-0.3, -0.25) is 9.59 Å². The largest absolute Gasteiger partial charge is 0.480 e. The number of nitrogens with two attached hydrogens (primary N) is 1. The maximum absolute atomic E-state index is 12.3. The fourth-order valence-corrected chi connectivity index (χ4v) is 4.83. The second kappa shape index (κ2) is 6.66. The second-order valence-corrected chi connectivity index (χ2v) is 8.24. The Morgan fingerprint density at radius 3 is 2.48 bits per heavy atom. The molecule has 0 radical (unpaired) electrons. The van der Waals surface area contributed by atoms with E-state index in [1.54, 1.807) is 38.1 Å². The number of benzene rings is 1. The zero-order valence-electron chi connectivity index (χ0n) is 13.8. The Bertz CT molecular complexity index is 696. The Morgan fingerprint density at radius 1 is 1.32 bits per heavy atom. The highest BCUT2D eigenvalue weighted by molar-refractivity contribution is 8.01. The number of aliphatic carboxylic acids is 1. The molecule has 3 rings (SSSR count). The van der Waals surface area contributed by atoms with Crippen LogP contribution in [0, 0.1) is 0 Å². The van der Waals surface area contributed by atoms with Gasteiger partial charge in [-0.05, 0) is 19.4 Å². The summed E-state index contributed by atoms with van der Waals surface area (Å²) >= 11 is 1.38. The summed E-state index contributed by atoms with van der Waals surface area (Å²) in [6, 6.07) is 6.38. The normalized spacial score (nSPS) is 27.6. The molecule has 2 aliphatic heterocycles. The van der Waals surface area contributed by atoms with Crippen LogP contribution in [0.3, 0.4) is 0 Å². The zero-order valence-corrected chi connectivity index (χ0v) is 14.6. The van der Waals surface area contributed by atoms with E-state index in [1.165, 1.54) is 16.7 Å². The Balaban J connectivity index is 0.00000225. The highest BCUT2D eigenvalue weighted by Gasteiger charge is 2.64. The van der Waals surface area contributed by atoms with Crippen LogP contribution in [-0.4, -0.2) is 55.5 Å². The van der Waals surface area contributed by atoms with Crippen LogP contribution in [0.4, 0.5) is 0 Å². The molecule has 25 heavy (non-hydrogen) atoms. The molecule has 1 aromatic rings. The van der Waals surface area contributed by atoms with E-state index in [1.807, 2.05) is 6.07 Å². The van der Waals surface area contributed by atoms with E-state index in [2.05, 4.69) is 5.32 Å². The molecule has 8 nitrogen and oxygen atoms in total. The van der Waals surface area contributed by atoms with E-state index in [-0.39, 0.29) is 16.8 Å². The van der Waals surface area contributed by atoms with Crippen molar-refractivity contribution in [3.05, 3.63) is 35.9 Å². The number of thioether (sulfide) groups is 1. The number of carboxylic acid groups (broad SMARTS) is 1. The first-order valence-electron chi connectivity index (χ1n) is 7.58. The van der Waals surface area contributed by atoms with Gasteiger partial charge in [-0.1, -0.05) is 30.3 Å². The van der Waals surface area contributed by atoms with Crippen LogP contribution in [-0.2, 0) is 14.4 Å². The lowest BCUT2D eigenvalue weighted by Crippen LogP contribution is -2.71.